The third kappa shape index (κ3) is 1.89. The van der Waals surface area contributed by atoms with Gasteiger partial charge in [-0.1, -0.05) is 78.9 Å². The maximum Gasteiger partial charge on any atom is 0.0781 e. The highest BCUT2D eigenvalue weighted by atomic mass is 15.3. The predicted molar refractivity (Wildman–Crippen MR) is 93.0 cm³/mol. The molecule has 0 aliphatic heterocycles. The van der Waals surface area contributed by atoms with E-state index in [-0.39, 0.29) is 0 Å². The van der Waals surface area contributed by atoms with Crippen LogP contribution in [-0.2, 0) is 0 Å². The molecule has 0 saturated heterocycles. The van der Waals surface area contributed by atoms with Crippen LogP contribution in [0, 0.1) is 0 Å². The maximum absolute atomic E-state index is 6.43. The van der Waals surface area contributed by atoms with Crippen LogP contribution in [0.2, 0.25) is 0 Å². The van der Waals surface area contributed by atoms with Crippen molar-refractivity contribution in [3.63, 3.8) is 0 Å². The van der Waals surface area contributed by atoms with E-state index in [9.17, 15) is 0 Å². The van der Waals surface area contributed by atoms with Gasteiger partial charge in [-0.15, -0.1) is 0 Å². The van der Waals surface area contributed by atoms with Crippen LogP contribution in [0.25, 0.3) is 33.3 Å². The zero-order chi connectivity index (χ0) is 14.9. The second kappa shape index (κ2) is 5.08. The van der Waals surface area contributed by atoms with Crippen molar-refractivity contribution in [1.29, 1.82) is 0 Å². The van der Waals surface area contributed by atoms with Crippen LogP contribution < -0.4 is 5.84 Å². The first-order valence-corrected chi connectivity index (χ1v) is 7.35. The fourth-order valence-electron chi connectivity index (χ4n) is 3.04. The third-order valence-corrected chi connectivity index (χ3v) is 4.02. The first-order valence-electron chi connectivity index (χ1n) is 7.35. The lowest BCUT2D eigenvalue weighted by Crippen LogP contribution is -2.09. The van der Waals surface area contributed by atoms with Crippen LogP contribution >= 0.6 is 0 Å². The summed E-state index contributed by atoms with van der Waals surface area (Å²) in [5.74, 6) is 6.43. The maximum atomic E-state index is 6.43. The van der Waals surface area contributed by atoms with Gasteiger partial charge in [-0.3, -0.25) is 4.68 Å². The van der Waals surface area contributed by atoms with E-state index >= 15 is 0 Å². The minimum absolute atomic E-state index is 1.04. The molecule has 0 amide bonds. The van der Waals surface area contributed by atoms with Crippen LogP contribution in [0.3, 0.4) is 0 Å². The summed E-state index contributed by atoms with van der Waals surface area (Å²) in [4.78, 5) is 0. The van der Waals surface area contributed by atoms with Crippen LogP contribution in [0.15, 0.2) is 84.9 Å². The normalized spacial score (nSPS) is 10.9. The molecule has 0 saturated carbocycles. The zero-order valence-electron chi connectivity index (χ0n) is 12.1. The van der Waals surface area contributed by atoms with Crippen LogP contribution in [0.5, 0.6) is 0 Å². The molecule has 0 radical (unpaired) electrons. The Hall–Kier alpha value is -3.00. The van der Waals surface area contributed by atoms with Gasteiger partial charge in [0.1, 0.15) is 0 Å². The Morgan fingerprint density at radius 3 is 1.82 bits per heavy atom. The monoisotopic (exact) mass is 284 g/mol. The molecule has 2 nitrogen and oxygen atoms in total. The molecule has 0 aliphatic carbocycles. The van der Waals surface area contributed by atoms with Crippen LogP contribution in [-0.4, -0.2) is 4.68 Å². The first kappa shape index (κ1) is 12.7. The largest absolute Gasteiger partial charge is 0.339 e. The fourth-order valence-corrected chi connectivity index (χ4v) is 3.04. The molecule has 0 bridgehead atoms. The summed E-state index contributed by atoms with van der Waals surface area (Å²) in [6, 6.07) is 29.0. The number of hydrogen-bond donors (Lipinski definition) is 1. The van der Waals surface area contributed by atoms with Gasteiger partial charge in [0.05, 0.1) is 11.2 Å². The molecular weight excluding hydrogens is 268 g/mol. The van der Waals surface area contributed by atoms with Crippen LogP contribution in [0.1, 0.15) is 0 Å². The van der Waals surface area contributed by atoms with Gasteiger partial charge < -0.3 is 5.84 Å². The Kier molecular flexibility index (Phi) is 2.94. The molecule has 2 N–H and O–H groups in total. The quantitative estimate of drug-likeness (QED) is 0.532. The fraction of sp³-hybridized carbons (Fsp3) is 0. The average molecular weight is 284 g/mol. The number of nitrogens with zero attached hydrogens (tertiary/aromatic N) is 1. The summed E-state index contributed by atoms with van der Waals surface area (Å²) >= 11 is 0. The Labute approximate surface area is 129 Å². The number of para-hydroxylation sites is 1. The predicted octanol–water partition coefficient (Wildman–Crippen LogP) is 4.69. The molecule has 1 heterocycles. The number of hydrogen-bond acceptors (Lipinski definition) is 1. The van der Waals surface area contributed by atoms with Crippen molar-refractivity contribution in [3.8, 4) is 22.4 Å². The molecule has 4 aromatic rings. The van der Waals surface area contributed by atoms with Crippen molar-refractivity contribution in [1.82, 2.24) is 4.68 Å². The highest BCUT2D eigenvalue weighted by Gasteiger charge is 2.18. The molecule has 106 valence electrons. The second-order valence-corrected chi connectivity index (χ2v) is 5.34. The van der Waals surface area contributed by atoms with E-state index in [1.54, 1.807) is 4.68 Å². The molecule has 3 aromatic carbocycles. The second-order valence-electron chi connectivity index (χ2n) is 5.34. The Balaban J connectivity index is 2.14. The number of rotatable bonds is 2. The molecule has 1 aromatic heterocycles. The molecular formula is C20H16N2. The van der Waals surface area contributed by atoms with Crippen molar-refractivity contribution in [3.05, 3.63) is 84.9 Å². The van der Waals surface area contributed by atoms with Crippen LogP contribution in [0.4, 0.5) is 0 Å². The Morgan fingerprint density at radius 2 is 1.14 bits per heavy atom. The lowest BCUT2D eigenvalue weighted by molar-refractivity contribution is 1.08. The van der Waals surface area contributed by atoms with Crippen molar-refractivity contribution in [2.75, 3.05) is 5.84 Å². The summed E-state index contributed by atoms with van der Waals surface area (Å²) < 4.78 is 1.80. The van der Waals surface area contributed by atoms with Gasteiger partial charge in [0.15, 0.2) is 0 Å². The lowest BCUT2D eigenvalue weighted by Gasteiger charge is -2.08. The Bertz CT molecular complexity index is 922. The van der Waals surface area contributed by atoms with E-state index in [1.165, 1.54) is 16.5 Å². The van der Waals surface area contributed by atoms with Gasteiger partial charge in [-0.05, 0) is 11.6 Å². The van der Waals surface area contributed by atoms with Crippen molar-refractivity contribution in [2.24, 2.45) is 0 Å². The molecule has 4 rings (SSSR count). The highest BCUT2D eigenvalue weighted by Crippen LogP contribution is 2.39. The zero-order valence-corrected chi connectivity index (χ0v) is 12.1. The van der Waals surface area contributed by atoms with E-state index < -0.39 is 0 Å². The number of nitrogens with two attached hydrogens (primary N) is 1. The van der Waals surface area contributed by atoms with Gasteiger partial charge in [0.25, 0.3) is 0 Å². The number of nitrogen functional groups attached to an aromatic ring is 1. The summed E-state index contributed by atoms with van der Waals surface area (Å²) in [5, 5.41) is 1.18. The molecule has 22 heavy (non-hydrogen) atoms. The van der Waals surface area contributed by atoms with E-state index in [2.05, 4.69) is 54.6 Å². The molecule has 0 aliphatic rings. The first-order chi connectivity index (χ1) is 10.9. The standard InChI is InChI=1S/C20H16N2/c21-22-18-14-8-7-13-17(18)19(15-9-3-1-4-10-15)20(22)16-11-5-2-6-12-16/h1-14H,21H2. The van der Waals surface area contributed by atoms with Crippen molar-refractivity contribution >= 4 is 10.9 Å². The van der Waals surface area contributed by atoms with Gasteiger partial charge >= 0.3 is 0 Å². The van der Waals surface area contributed by atoms with Gasteiger partial charge in [0, 0.05) is 16.5 Å². The topological polar surface area (TPSA) is 30.9 Å². The van der Waals surface area contributed by atoms with Gasteiger partial charge in [-0.2, -0.15) is 0 Å². The molecule has 2 heteroatoms. The van der Waals surface area contributed by atoms with Gasteiger partial charge in [0.2, 0.25) is 0 Å². The summed E-state index contributed by atoms with van der Waals surface area (Å²) in [6.45, 7) is 0. The SMILES string of the molecule is Nn1c(-c2ccccc2)c(-c2ccccc2)c2ccccc21. The van der Waals surface area contributed by atoms with E-state index in [1.807, 2.05) is 30.3 Å². The van der Waals surface area contributed by atoms with E-state index in [0.717, 1.165) is 16.8 Å². The molecule has 0 spiro atoms. The molecule has 0 fully saturated rings. The summed E-state index contributed by atoms with van der Waals surface area (Å²) in [6.07, 6.45) is 0. The number of aromatic nitrogens is 1. The summed E-state index contributed by atoms with van der Waals surface area (Å²) in [7, 11) is 0. The number of benzene rings is 3. The van der Waals surface area contributed by atoms with Crippen molar-refractivity contribution < 1.29 is 0 Å². The smallest absolute Gasteiger partial charge is 0.0781 e. The van der Waals surface area contributed by atoms with Crippen molar-refractivity contribution in [2.45, 2.75) is 0 Å². The molecule has 0 unspecified atom stereocenters. The highest BCUT2D eigenvalue weighted by molar-refractivity contribution is 6.04. The Morgan fingerprint density at radius 1 is 0.591 bits per heavy atom. The van der Waals surface area contributed by atoms with E-state index in [0.29, 0.717) is 0 Å². The summed E-state index contributed by atoms with van der Waals surface area (Å²) in [5.41, 5.74) is 5.58. The average Bonchev–Trinajstić information content (AvgIpc) is 2.90. The third-order valence-electron chi connectivity index (χ3n) is 4.02. The number of fused-ring (bicyclic) bond motifs is 1. The minimum atomic E-state index is 1.04. The lowest BCUT2D eigenvalue weighted by atomic mass is 9.98. The molecule has 0 atom stereocenters. The van der Waals surface area contributed by atoms with Gasteiger partial charge in [-0.25, -0.2) is 0 Å². The van der Waals surface area contributed by atoms with E-state index in [4.69, 9.17) is 5.84 Å². The minimum Gasteiger partial charge on any atom is -0.339 e.